The smallest absolute Gasteiger partial charge is 0.0333 e. The maximum absolute atomic E-state index is 3.95. The van der Waals surface area contributed by atoms with Crippen LogP contribution in [0.1, 0.15) is 6.92 Å². The van der Waals surface area contributed by atoms with E-state index in [1.807, 2.05) is 13.0 Å². The topological polar surface area (TPSA) is 12.4 Å². The molecule has 0 aliphatic rings. The second-order valence-electron chi connectivity index (χ2n) is 1.19. The molecule has 0 rings (SSSR count). The summed E-state index contributed by atoms with van der Waals surface area (Å²) >= 11 is 3.95. The van der Waals surface area contributed by atoms with Crippen molar-refractivity contribution in [2.45, 2.75) is 6.92 Å². The second kappa shape index (κ2) is 3.93. The third kappa shape index (κ3) is 3.59. The van der Waals surface area contributed by atoms with Crippen molar-refractivity contribution in [2.75, 3.05) is 5.75 Å². The Morgan fingerprint density at radius 3 is 2.71 bits per heavy atom. The maximum Gasteiger partial charge on any atom is 0.0333 e. The zero-order valence-electron chi connectivity index (χ0n) is 4.39. The van der Waals surface area contributed by atoms with Gasteiger partial charge in [0.15, 0.2) is 0 Å². The highest BCUT2D eigenvalue weighted by atomic mass is 32.1. The SMILES string of the molecule is C=N/C(C)=C/CS. The van der Waals surface area contributed by atoms with E-state index in [1.54, 1.807) is 0 Å². The first-order chi connectivity index (χ1) is 3.31. The molecular weight excluding hydrogens is 106 g/mol. The minimum atomic E-state index is 0.741. The lowest BCUT2D eigenvalue weighted by Crippen LogP contribution is -1.66. The van der Waals surface area contributed by atoms with E-state index in [1.165, 1.54) is 0 Å². The quantitative estimate of drug-likeness (QED) is 0.414. The van der Waals surface area contributed by atoms with Crippen molar-refractivity contribution in [3.63, 3.8) is 0 Å². The van der Waals surface area contributed by atoms with Gasteiger partial charge in [-0.15, -0.1) is 0 Å². The Bertz CT molecular complexity index is 86.1. The van der Waals surface area contributed by atoms with Crippen molar-refractivity contribution in [1.82, 2.24) is 0 Å². The van der Waals surface area contributed by atoms with Crippen molar-refractivity contribution >= 4 is 19.3 Å². The molecular formula is C5H9NS. The third-order valence-corrected chi connectivity index (χ3v) is 0.819. The van der Waals surface area contributed by atoms with Crippen LogP contribution in [0.3, 0.4) is 0 Å². The number of hydrogen-bond acceptors (Lipinski definition) is 2. The molecule has 0 aliphatic heterocycles. The summed E-state index contributed by atoms with van der Waals surface area (Å²) in [4.78, 5) is 3.64. The standard InChI is InChI=1S/C5H9NS/c1-5(6-2)3-4-7/h3,7H,2,4H2,1H3/b5-3+. The van der Waals surface area contributed by atoms with Crippen LogP contribution in [0.15, 0.2) is 16.8 Å². The molecule has 0 aromatic carbocycles. The molecule has 0 aromatic rings. The minimum Gasteiger partial charge on any atom is -0.270 e. The zero-order valence-corrected chi connectivity index (χ0v) is 5.28. The number of rotatable bonds is 2. The molecule has 1 nitrogen and oxygen atoms in total. The van der Waals surface area contributed by atoms with Crippen molar-refractivity contribution in [1.29, 1.82) is 0 Å². The van der Waals surface area contributed by atoms with Gasteiger partial charge in [-0.2, -0.15) is 12.6 Å². The summed E-state index contributed by atoms with van der Waals surface area (Å²) in [5, 5.41) is 0. The highest BCUT2D eigenvalue weighted by molar-refractivity contribution is 7.80. The molecule has 0 N–H and O–H groups in total. The van der Waals surface area contributed by atoms with Crippen molar-refractivity contribution in [3.05, 3.63) is 11.8 Å². The molecule has 0 aliphatic carbocycles. The molecule has 0 bridgehead atoms. The number of aliphatic imine (C=N–C) groups is 1. The maximum atomic E-state index is 3.95. The van der Waals surface area contributed by atoms with Crippen LogP contribution in [0.5, 0.6) is 0 Å². The molecule has 0 saturated carbocycles. The summed E-state index contributed by atoms with van der Waals surface area (Å²) in [6, 6.07) is 0. The first-order valence-electron chi connectivity index (χ1n) is 2.05. The second-order valence-corrected chi connectivity index (χ2v) is 1.55. The van der Waals surface area contributed by atoms with Crippen LogP contribution < -0.4 is 0 Å². The van der Waals surface area contributed by atoms with Crippen LogP contribution in [-0.2, 0) is 0 Å². The van der Waals surface area contributed by atoms with Gasteiger partial charge in [-0.05, 0) is 13.6 Å². The fourth-order valence-corrected chi connectivity index (χ4v) is 0.461. The normalized spacial score (nSPS) is 11.4. The monoisotopic (exact) mass is 115 g/mol. The Labute approximate surface area is 49.6 Å². The van der Waals surface area contributed by atoms with Gasteiger partial charge < -0.3 is 0 Å². The minimum absolute atomic E-state index is 0.741. The Morgan fingerprint density at radius 2 is 2.57 bits per heavy atom. The Morgan fingerprint density at radius 1 is 2.00 bits per heavy atom. The lowest BCUT2D eigenvalue weighted by atomic mass is 10.5. The van der Waals surface area contributed by atoms with Crippen LogP contribution in [0.4, 0.5) is 0 Å². The van der Waals surface area contributed by atoms with Crippen molar-refractivity contribution in [2.24, 2.45) is 4.99 Å². The molecule has 0 amide bonds. The summed E-state index contributed by atoms with van der Waals surface area (Å²) in [6.07, 6.45) is 1.90. The summed E-state index contributed by atoms with van der Waals surface area (Å²) in [6.45, 7) is 5.22. The van der Waals surface area contributed by atoms with E-state index >= 15 is 0 Å². The average molecular weight is 115 g/mol. The molecule has 0 fully saturated rings. The van der Waals surface area contributed by atoms with E-state index in [0.29, 0.717) is 0 Å². The molecule has 0 unspecified atom stereocenters. The summed E-state index contributed by atoms with van der Waals surface area (Å²) in [5.41, 5.74) is 0.940. The van der Waals surface area contributed by atoms with Crippen molar-refractivity contribution < 1.29 is 0 Å². The molecule has 0 atom stereocenters. The Hall–Kier alpha value is -0.240. The Kier molecular flexibility index (Phi) is 3.80. The lowest BCUT2D eigenvalue weighted by molar-refractivity contribution is 1.31. The fraction of sp³-hybridized carbons (Fsp3) is 0.400. The highest BCUT2D eigenvalue weighted by Gasteiger charge is 1.73. The molecule has 0 radical (unpaired) electrons. The molecule has 0 saturated heterocycles. The van der Waals surface area contributed by atoms with Gasteiger partial charge in [-0.1, -0.05) is 6.08 Å². The van der Waals surface area contributed by atoms with E-state index in [-0.39, 0.29) is 0 Å². The van der Waals surface area contributed by atoms with Crippen LogP contribution in [-0.4, -0.2) is 12.5 Å². The van der Waals surface area contributed by atoms with Crippen LogP contribution in [0.25, 0.3) is 0 Å². The van der Waals surface area contributed by atoms with Crippen LogP contribution in [0, 0.1) is 0 Å². The van der Waals surface area contributed by atoms with Gasteiger partial charge in [0.05, 0.1) is 0 Å². The Balaban J connectivity index is 3.49. The zero-order chi connectivity index (χ0) is 5.70. The van der Waals surface area contributed by atoms with E-state index in [4.69, 9.17) is 0 Å². The fourth-order valence-electron chi connectivity index (χ4n) is 0.197. The first-order valence-corrected chi connectivity index (χ1v) is 2.69. The van der Waals surface area contributed by atoms with Gasteiger partial charge in [0.1, 0.15) is 0 Å². The van der Waals surface area contributed by atoms with Gasteiger partial charge >= 0.3 is 0 Å². The van der Waals surface area contributed by atoms with Gasteiger partial charge in [0.25, 0.3) is 0 Å². The van der Waals surface area contributed by atoms with Gasteiger partial charge in [-0.3, -0.25) is 4.99 Å². The third-order valence-electron chi connectivity index (χ3n) is 0.636. The van der Waals surface area contributed by atoms with Gasteiger partial charge in [0.2, 0.25) is 0 Å². The average Bonchev–Trinajstić information content (AvgIpc) is 1.68. The summed E-state index contributed by atoms with van der Waals surface area (Å²) in [7, 11) is 0. The molecule has 0 heterocycles. The van der Waals surface area contributed by atoms with E-state index in [9.17, 15) is 0 Å². The molecule has 0 spiro atoms. The number of hydrogen-bond donors (Lipinski definition) is 1. The molecule has 0 aromatic heterocycles. The van der Waals surface area contributed by atoms with E-state index in [0.717, 1.165) is 11.4 Å². The van der Waals surface area contributed by atoms with E-state index < -0.39 is 0 Å². The predicted molar refractivity (Wildman–Crippen MR) is 37.2 cm³/mol. The number of thiol groups is 1. The first kappa shape index (κ1) is 6.76. The molecule has 40 valence electrons. The van der Waals surface area contributed by atoms with Crippen molar-refractivity contribution in [3.8, 4) is 0 Å². The lowest BCUT2D eigenvalue weighted by Gasteiger charge is -1.82. The largest absolute Gasteiger partial charge is 0.270 e. The van der Waals surface area contributed by atoms with Crippen LogP contribution in [0.2, 0.25) is 0 Å². The predicted octanol–water partition coefficient (Wildman–Crippen LogP) is 1.52. The van der Waals surface area contributed by atoms with Gasteiger partial charge in [0, 0.05) is 11.4 Å². The van der Waals surface area contributed by atoms with Gasteiger partial charge in [-0.25, -0.2) is 0 Å². The highest BCUT2D eigenvalue weighted by Crippen LogP contribution is 1.91. The van der Waals surface area contributed by atoms with Crippen LogP contribution >= 0.6 is 12.6 Å². The molecule has 7 heavy (non-hydrogen) atoms. The van der Waals surface area contributed by atoms with E-state index in [2.05, 4.69) is 24.3 Å². The number of nitrogens with zero attached hydrogens (tertiary/aromatic N) is 1. The molecule has 2 heteroatoms. The summed E-state index contributed by atoms with van der Waals surface area (Å²) < 4.78 is 0. The number of allylic oxidation sites excluding steroid dienone is 1. The summed E-state index contributed by atoms with van der Waals surface area (Å²) in [5.74, 6) is 0.741.